The van der Waals surface area contributed by atoms with E-state index in [9.17, 15) is 8.42 Å². The fourth-order valence-electron chi connectivity index (χ4n) is 2.06. The number of nitrogens with one attached hydrogen (secondary N) is 2. The van der Waals surface area contributed by atoms with Crippen molar-refractivity contribution >= 4 is 21.8 Å². The lowest BCUT2D eigenvalue weighted by atomic mass is 10.1. The minimum atomic E-state index is -3.32. The molecule has 106 valence electrons. The van der Waals surface area contributed by atoms with Crippen LogP contribution in [0.5, 0.6) is 0 Å². The van der Waals surface area contributed by atoms with Gasteiger partial charge in [0.2, 0.25) is 16.0 Å². The van der Waals surface area contributed by atoms with Crippen LogP contribution in [-0.2, 0) is 10.0 Å². The lowest BCUT2D eigenvalue weighted by Crippen LogP contribution is -2.32. The van der Waals surface area contributed by atoms with Crippen LogP contribution >= 0.6 is 0 Å². The number of anilines is 2. The number of hydrazine groups is 1. The first kappa shape index (κ1) is 14.0. The fourth-order valence-corrected chi connectivity index (χ4v) is 2.33. The van der Waals surface area contributed by atoms with Crippen LogP contribution in [-0.4, -0.2) is 37.7 Å². The summed E-state index contributed by atoms with van der Waals surface area (Å²) in [6.07, 6.45) is 6.34. The molecule has 0 amide bonds. The Hall–Kier alpha value is -1.41. The average Bonchev–Trinajstić information content (AvgIpc) is 2.38. The number of piperidine rings is 1. The predicted octanol–water partition coefficient (Wildman–Crippen LogP) is 0.651. The smallest absolute Gasteiger partial charge is 0.240 e. The molecule has 19 heavy (non-hydrogen) atoms. The molecule has 0 bridgehead atoms. The van der Waals surface area contributed by atoms with Crippen molar-refractivity contribution in [2.75, 3.05) is 29.7 Å². The molecule has 7 nitrogen and oxygen atoms in total. The van der Waals surface area contributed by atoms with Gasteiger partial charge < -0.3 is 4.90 Å². The Kier molecular flexibility index (Phi) is 4.20. The molecule has 0 aromatic carbocycles. The zero-order valence-electron chi connectivity index (χ0n) is 11.2. The number of nitrogens with zero attached hydrogens (tertiary/aromatic N) is 3. The van der Waals surface area contributed by atoms with Crippen molar-refractivity contribution < 1.29 is 8.42 Å². The van der Waals surface area contributed by atoms with Crippen molar-refractivity contribution in [1.82, 2.24) is 14.8 Å². The highest BCUT2D eigenvalue weighted by Gasteiger charge is 2.15. The summed E-state index contributed by atoms with van der Waals surface area (Å²) in [4.78, 5) is 12.8. The maximum absolute atomic E-state index is 11.0. The molecule has 0 unspecified atom stereocenters. The lowest BCUT2D eigenvalue weighted by Gasteiger charge is -2.29. The van der Waals surface area contributed by atoms with Crippen molar-refractivity contribution in [1.29, 1.82) is 0 Å². The van der Waals surface area contributed by atoms with Gasteiger partial charge in [0.15, 0.2) is 0 Å². The Bertz CT molecular complexity index is 540. The van der Waals surface area contributed by atoms with E-state index < -0.39 is 10.0 Å². The SMILES string of the molecule is Cc1cnc(NNS(C)(=O)=O)nc1N1CCCCC1. The Labute approximate surface area is 113 Å². The molecule has 0 radical (unpaired) electrons. The maximum Gasteiger partial charge on any atom is 0.240 e. The molecule has 2 N–H and O–H groups in total. The summed E-state index contributed by atoms with van der Waals surface area (Å²) in [5, 5.41) is 0. The number of rotatable bonds is 4. The van der Waals surface area contributed by atoms with Gasteiger partial charge in [0, 0.05) is 24.8 Å². The van der Waals surface area contributed by atoms with Crippen LogP contribution in [0.15, 0.2) is 6.20 Å². The third kappa shape index (κ3) is 4.03. The molecule has 8 heteroatoms. The second kappa shape index (κ2) is 5.70. The van der Waals surface area contributed by atoms with Crippen LogP contribution in [0.4, 0.5) is 11.8 Å². The van der Waals surface area contributed by atoms with E-state index in [1.165, 1.54) is 6.42 Å². The largest absolute Gasteiger partial charge is 0.356 e. The lowest BCUT2D eigenvalue weighted by molar-refractivity contribution is 0.572. The molecular weight excluding hydrogens is 266 g/mol. The number of hydrogen-bond acceptors (Lipinski definition) is 6. The van der Waals surface area contributed by atoms with Crippen LogP contribution in [0.3, 0.4) is 0 Å². The molecule has 1 aliphatic rings. The topological polar surface area (TPSA) is 87.2 Å². The van der Waals surface area contributed by atoms with E-state index in [1.807, 2.05) is 6.92 Å². The summed E-state index contributed by atoms with van der Waals surface area (Å²) in [5.74, 6) is 1.13. The average molecular weight is 285 g/mol. The highest BCUT2D eigenvalue weighted by Crippen LogP contribution is 2.21. The van der Waals surface area contributed by atoms with Gasteiger partial charge in [0.1, 0.15) is 5.82 Å². The number of aromatic nitrogens is 2. The number of sulfonamides is 1. The van der Waals surface area contributed by atoms with Gasteiger partial charge in [-0.3, -0.25) is 5.43 Å². The van der Waals surface area contributed by atoms with Gasteiger partial charge >= 0.3 is 0 Å². The number of aryl methyl sites for hydroxylation is 1. The predicted molar refractivity (Wildman–Crippen MR) is 74.4 cm³/mol. The van der Waals surface area contributed by atoms with E-state index in [2.05, 4.69) is 25.1 Å². The van der Waals surface area contributed by atoms with E-state index >= 15 is 0 Å². The second-order valence-corrected chi connectivity index (χ2v) is 6.50. The first-order valence-electron chi connectivity index (χ1n) is 6.27. The third-order valence-electron chi connectivity index (χ3n) is 2.95. The first-order chi connectivity index (χ1) is 8.96. The van der Waals surface area contributed by atoms with Gasteiger partial charge in [-0.15, -0.1) is 4.83 Å². The Balaban J connectivity index is 2.14. The molecule has 1 fully saturated rings. The maximum atomic E-state index is 11.0. The monoisotopic (exact) mass is 285 g/mol. The van der Waals surface area contributed by atoms with Gasteiger partial charge in [-0.25, -0.2) is 13.4 Å². The van der Waals surface area contributed by atoms with Crippen molar-refractivity contribution in [3.05, 3.63) is 11.8 Å². The van der Waals surface area contributed by atoms with Gasteiger partial charge in [-0.2, -0.15) is 4.98 Å². The highest BCUT2D eigenvalue weighted by atomic mass is 32.2. The molecule has 1 aromatic rings. The van der Waals surface area contributed by atoms with Gasteiger partial charge in [-0.05, 0) is 26.2 Å². The molecule has 2 heterocycles. The minimum absolute atomic E-state index is 0.261. The molecule has 0 atom stereocenters. The highest BCUT2D eigenvalue weighted by molar-refractivity contribution is 7.88. The van der Waals surface area contributed by atoms with Gasteiger partial charge in [0.05, 0.1) is 6.26 Å². The summed E-state index contributed by atoms with van der Waals surface area (Å²) < 4.78 is 22.0. The summed E-state index contributed by atoms with van der Waals surface area (Å²) in [6.45, 7) is 3.92. The fraction of sp³-hybridized carbons (Fsp3) is 0.636. The molecule has 0 saturated carbocycles. The van der Waals surface area contributed by atoms with Crippen molar-refractivity contribution in [2.24, 2.45) is 0 Å². The Morgan fingerprint density at radius 2 is 1.95 bits per heavy atom. The van der Waals surface area contributed by atoms with Crippen molar-refractivity contribution in [3.63, 3.8) is 0 Å². The standard InChI is InChI=1S/C11H19N5O2S/c1-9-8-12-11(14-15-19(2,17)18)13-10(9)16-6-4-3-5-7-16/h8,15H,3-7H2,1-2H3,(H,12,13,14). The van der Waals surface area contributed by atoms with Crippen LogP contribution in [0.1, 0.15) is 24.8 Å². The Morgan fingerprint density at radius 1 is 1.26 bits per heavy atom. The van der Waals surface area contributed by atoms with E-state index in [1.54, 1.807) is 6.20 Å². The Morgan fingerprint density at radius 3 is 2.58 bits per heavy atom. The van der Waals surface area contributed by atoms with Crippen molar-refractivity contribution in [2.45, 2.75) is 26.2 Å². The molecule has 1 saturated heterocycles. The number of hydrogen-bond donors (Lipinski definition) is 2. The third-order valence-corrected chi connectivity index (χ3v) is 3.42. The molecule has 0 aliphatic carbocycles. The zero-order valence-corrected chi connectivity index (χ0v) is 12.0. The summed E-state index contributed by atoms with van der Waals surface area (Å²) in [5.41, 5.74) is 3.50. The van der Waals surface area contributed by atoms with E-state index in [4.69, 9.17) is 0 Å². The zero-order chi connectivity index (χ0) is 13.9. The van der Waals surface area contributed by atoms with Gasteiger partial charge in [0.25, 0.3) is 0 Å². The van der Waals surface area contributed by atoms with Crippen LogP contribution in [0.25, 0.3) is 0 Å². The van der Waals surface area contributed by atoms with E-state index in [0.717, 1.165) is 43.6 Å². The first-order valence-corrected chi connectivity index (χ1v) is 8.16. The van der Waals surface area contributed by atoms with Gasteiger partial charge in [-0.1, -0.05) is 0 Å². The molecule has 1 aliphatic heterocycles. The second-order valence-electron chi connectivity index (χ2n) is 4.75. The van der Waals surface area contributed by atoms with E-state index in [0.29, 0.717) is 0 Å². The van der Waals surface area contributed by atoms with Crippen LogP contribution in [0.2, 0.25) is 0 Å². The normalized spacial score (nSPS) is 16.4. The summed E-state index contributed by atoms with van der Waals surface area (Å²) >= 11 is 0. The molecule has 2 rings (SSSR count). The van der Waals surface area contributed by atoms with Crippen LogP contribution in [0, 0.1) is 6.92 Å². The summed E-state index contributed by atoms with van der Waals surface area (Å²) in [6, 6.07) is 0. The minimum Gasteiger partial charge on any atom is -0.356 e. The quantitative estimate of drug-likeness (QED) is 0.790. The molecule has 1 aromatic heterocycles. The molecule has 0 spiro atoms. The van der Waals surface area contributed by atoms with E-state index in [-0.39, 0.29) is 5.95 Å². The van der Waals surface area contributed by atoms with Crippen molar-refractivity contribution in [3.8, 4) is 0 Å². The summed E-state index contributed by atoms with van der Waals surface area (Å²) in [7, 11) is -3.32. The van der Waals surface area contributed by atoms with Crippen LogP contribution < -0.4 is 15.2 Å². The molecular formula is C11H19N5O2S.